The van der Waals surface area contributed by atoms with E-state index in [1.807, 2.05) is 44.2 Å². The Morgan fingerprint density at radius 3 is 2.33 bits per heavy atom. The van der Waals surface area contributed by atoms with E-state index in [0.29, 0.717) is 37.6 Å². The van der Waals surface area contributed by atoms with Gasteiger partial charge in [-0.2, -0.15) is 0 Å². The molecular formula is C26H30N2O5. The minimum absolute atomic E-state index is 0.0271. The van der Waals surface area contributed by atoms with Gasteiger partial charge in [0.05, 0.1) is 30.9 Å². The van der Waals surface area contributed by atoms with E-state index in [2.05, 4.69) is 4.90 Å². The van der Waals surface area contributed by atoms with Crippen LogP contribution in [0, 0.1) is 0 Å². The molecule has 2 aromatic carbocycles. The fourth-order valence-corrected chi connectivity index (χ4v) is 4.29. The van der Waals surface area contributed by atoms with Crippen LogP contribution in [-0.2, 0) is 14.3 Å². The maximum Gasteiger partial charge on any atom is 0.295 e. The highest BCUT2D eigenvalue weighted by Gasteiger charge is 2.45. The zero-order valence-electron chi connectivity index (χ0n) is 19.1. The summed E-state index contributed by atoms with van der Waals surface area (Å²) in [7, 11) is 0. The Morgan fingerprint density at radius 1 is 1.03 bits per heavy atom. The average molecular weight is 451 g/mol. The Hall–Kier alpha value is -3.16. The number of ketones is 1. The monoisotopic (exact) mass is 450 g/mol. The van der Waals surface area contributed by atoms with Crippen molar-refractivity contribution in [1.82, 2.24) is 9.80 Å². The second-order valence-corrected chi connectivity index (χ2v) is 8.55. The second-order valence-electron chi connectivity index (χ2n) is 8.55. The third-order valence-corrected chi connectivity index (χ3v) is 5.92. The molecule has 0 aromatic heterocycles. The lowest BCUT2D eigenvalue weighted by Crippen LogP contribution is -2.42. The molecule has 2 heterocycles. The summed E-state index contributed by atoms with van der Waals surface area (Å²) in [5, 5.41) is 11.2. The van der Waals surface area contributed by atoms with Crippen LogP contribution in [0.5, 0.6) is 5.75 Å². The van der Waals surface area contributed by atoms with Crippen LogP contribution in [0.4, 0.5) is 0 Å². The van der Waals surface area contributed by atoms with Crippen LogP contribution in [0.25, 0.3) is 5.76 Å². The molecule has 1 atom stereocenters. The lowest BCUT2D eigenvalue weighted by Gasteiger charge is -2.31. The zero-order valence-corrected chi connectivity index (χ0v) is 19.1. The molecule has 0 radical (unpaired) electrons. The number of hydrogen-bond acceptors (Lipinski definition) is 6. The van der Waals surface area contributed by atoms with Gasteiger partial charge in [0.2, 0.25) is 0 Å². The molecule has 2 aliphatic heterocycles. The van der Waals surface area contributed by atoms with E-state index in [-0.39, 0.29) is 17.4 Å². The van der Waals surface area contributed by atoms with Gasteiger partial charge >= 0.3 is 0 Å². The SMILES string of the molecule is CC(C)Oc1ccc(C(O)=C2C(=O)C(=O)N(CCN3CCOCC3)[C@@H]2c2ccccc2)cc1. The summed E-state index contributed by atoms with van der Waals surface area (Å²) in [4.78, 5) is 30.0. The van der Waals surface area contributed by atoms with Gasteiger partial charge in [-0.1, -0.05) is 30.3 Å². The number of morpholine rings is 1. The third-order valence-electron chi connectivity index (χ3n) is 5.92. The Bertz CT molecular complexity index is 1010. The van der Waals surface area contributed by atoms with Crippen LogP contribution in [0.3, 0.4) is 0 Å². The topological polar surface area (TPSA) is 79.3 Å². The minimum Gasteiger partial charge on any atom is -0.507 e. The number of nitrogens with zero attached hydrogens (tertiary/aromatic N) is 2. The molecule has 1 amide bonds. The number of carbonyl (C=O) groups is 2. The summed E-state index contributed by atoms with van der Waals surface area (Å²) in [5.74, 6) is -0.747. The normalized spacial score (nSPS) is 21.1. The molecule has 0 unspecified atom stereocenters. The van der Waals surface area contributed by atoms with Crippen molar-refractivity contribution in [1.29, 1.82) is 0 Å². The van der Waals surface area contributed by atoms with Crippen LogP contribution in [0.2, 0.25) is 0 Å². The van der Waals surface area contributed by atoms with Gasteiger partial charge in [-0.05, 0) is 43.7 Å². The lowest BCUT2D eigenvalue weighted by molar-refractivity contribution is -0.140. The first-order chi connectivity index (χ1) is 16.0. The Morgan fingerprint density at radius 2 is 1.70 bits per heavy atom. The summed E-state index contributed by atoms with van der Waals surface area (Å²) in [6.07, 6.45) is 0.0271. The molecule has 2 saturated heterocycles. The van der Waals surface area contributed by atoms with Gasteiger partial charge in [-0.3, -0.25) is 14.5 Å². The summed E-state index contributed by atoms with van der Waals surface area (Å²) < 4.78 is 11.1. The smallest absolute Gasteiger partial charge is 0.295 e. The van der Waals surface area contributed by atoms with Crippen molar-refractivity contribution < 1.29 is 24.2 Å². The molecular weight excluding hydrogens is 420 g/mol. The Labute approximate surface area is 194 Å². The molecule has 1 N–H and O–H groups in total. The van der Waals surface area contributed by atoms with Crippen molar-refractivity contribution in [2.45, 2.75) is 26.0 Å². The van der Waals surface area contributed by atoms with E-state index in [0.717, 1.165) is 18.7 Å². The summed E-state index contributed by atoms with van der Waals surface area (Å²) >= 11 is 0. The molecule has 2 fully saturated rings. The number of aliphatic hydroxyl groups excluding tert-OH is 1. The third kappa shape index (κ3) is 5.10. The van der Waals surface area contributed by atoms with Crippen molar-refractivity contribution in [3.63, 3.8) is 0 Å². The average Bonchev–Trinajstić information content (AvgIpc) is 3.08. The predicted octanol–water partition coefficient (Wildman–Crippen LogP) is 3.23. The molecule has 7 heteroatoms. The molecule has 0 saturated carbocycles. The molecule has 0 bridgehead atoms. The number of rotatable bonds is 7. The van der Waals surface area contributed by atoms with Crippen LogP contribution >= 0.6 is 0 Å². The zero-order chi connectivity index (χ0) is 23.4. The maximum atomic E-state index is 13.1. The van der Waals surface area contributed by atoms with E-state index in [9.17, 15) is 14.7 Å². The summed E-state index contributed by atoms with van der Waals surface area (Å²) in [6.45, 7) is 7.83. The fraction of sp³-hybridized carbons (Fsp3) is 0.385. The highest BCUT2D eigenvalue weighted by molar-refractivity contribution is 6.46. The van der Waals surface area contributed by atoms with Gasteiger partial charge < -0.3 is 19.5 Å². The molecule has 174 valence electrons. The van der Waals surface area contributed by atoms with Crippen molar-refractivity contribution in [2.24, 2.45) is 0 Å². The van der Waals surface area contributed by atoms with Crippen molar-refractivity contribution in [3.8, 4) is 5.75 Å². The Kier molecular flexibility index (Phi) is 7.11. The van der Waals surface area contributed by atoms with Gasteiger partial charge in [-0.15, -0.1) is 0 Å². The molecule has 2 aliphatic rings. The summed E-state index contributed by atoms with van der Waals surface area (Å²) in [5.41, 5.74) is 1.38. The van der Waals surface area contributed by atoms with Gasteiger partial charge in [0, 0.05) is 31.7 Å². The number of amides is 1. The van der Waals surface area contributed by atoms with Crippen LogP contribution < -0.4 is 4.74 Å². The first-order valence-electron chi connectivity index (χ1n) is 11.4. The number of benzene rings is 2. The van der Waals surface area contributed by atoms with E-state index in [1.54, 1.807) is 29.2 Å². The number of aliphatic hydroxyl groups is 1. The number of Topliss-reactive ketones (excluding diaryl/α,β-unsaturated/α-hetero) is 1. The predicted molar refractivity (Wildman–Crippen MR) is 125 cm³/mol. The lowest BCUT2D eigenvalue weighted by atomic mass is 9.95. The first kappa shape index (κ1) is 23.0. The van der Waals surface area contributed by atoms with Gasteiger partial charge in [0.1, 0.15) is 11.5 Å². The highest BCUT2D eigenvalue weighted by Crippen LogP contribution is 2.39. The molecule has 0 spiro atoms. The molecule has 4 rings (SSSR count). The van der Waals surface area contributed by atoms with Crippen molar-refractivity contribution in [2.75, 3.05) is 39.4 Å². The number of hydrogen-bond donors (Lipinski definition) is 1. The van der Waals surface area contributed by atoms with E-state index < -0.39 is 17.7 Å². The van der Waals surface area contributed by atoms with Crippen molar-refractivity contribution >= 4 is 17.4 Å². The fourth-order valence-electron chi connectivity index (χ4n) is 4.29. The maximum absolute atomic E-state index is 13.1. The van der Waals surface area contributed by atoms with Gasteiger partial charge in [0.15, 0.2) is 0 Å². The van der Waals surface area contributed by atoms with Gasteiger partial charge in [-0.25, -0.2) is 0 Å². The quantitative estimate of drug-likeness (QED) is 0.396. The molecule has 7 nitrogen and oxygen atoms in total. The number of likely N-dealkylation sites (tertiary alicyclic amines) is 1. The van der Waals surface area contributed by atoms with E-state index in [4.69, 9.17) is 9.47 Å². The molecule has 33 heavy (non-hydrogen) atoms. The highest BCUT2D eigenvalue weighted by atomic mass is 16.5. The van der Waals surface area contributed by atoms with E-state index in [1.165, 1.54) is 0 Å². The molecule has 0 aliphatic carbocycles. The standard InChI is InChI=1S/C26H30N2O5/c1-18(2)33-21-10-8-20(9-11-21)24(29)22-23(19-6-4-3-5-7-19)28(26(31)25(22)30)13-12-27-14-16-32-17-15-27/h3-11,18,23,29H,12-17H2,1-2H3/t23-/m1/s1. The first-order valence-corrected chi connectivity index (χ1v) is 11.4. The number of carbonyl (C=O) groups excluding carboxylic acids is 2. The van der Waals surface area contributed by atoms with Crippen molar-refractivity contribution in [3.05, 3.63) is 71.3 Å². The van der Waals surface area contributed by atoms with E-state index >= 15 is 0 Å². The minimum atomic E-state index is -0.661. The van der Waals surface area contributed by atoms with Crippen LogP contribution in [-0.4, -0.2) is 72.1 Å². The van der Waals surface area contributed by atoms with Crippen LogP contribution in [0.15, 0.2) is 60.2 Å². The van der Waals surface area contributed by atoms with Gasteiger partial charge in [0.25, 0.3) is 11.7 Å². The second kappa shape index (κ2) is 10.2. The Balaban J connectivity index is 1.67. The summed E-state index contributed by atoms with van der Waals surface area (Å²) in [6, 6.07) is 15.7. The van der Waals surface area contributed by atoms with Crippen LogP contribution in [0.1, 0.15) is 31.0 Å². The largest absolute Gasteiger partial charge is 0.507 e. The number of ether oxygens (including phenoxy) is 2. The molecule has 2 aromatic rings.